The number of nitrogens with one attached hydrogen (secondary N) is 1. The Balaban J connectivity index is 1.60. The first-order valence-electron chi connectivity index (χ1n) is 9.69. The molecule has 1 aliphatic heterocycles. The number of aryl methyl sites for hydroxylation is 1. The number of nitrogen functional groups attached to an aromatic ring is 1. The van der Waals surface area contributed by atoms with Gasteiger partial charge in [-0.1, -0.05) is 12.8 Å². The van der Waals surface area contributed by atoms with Gasteiger partial charge < -0.3 is 20.4 Å². The van der Waals surface area contributed by atoms with Gasteiger partial charge in [0.15, 0.2) is 11.5 Å². The summed E-state index contributed by atoms with van der Waals surface area (Å²) < 4.78 is 7.18. The van der Waals surface area contributed by atoms with Crippen molar-refractivity contribution in [1.82, 2.24) is 24.4 Å². The van der Waals surface area contributed by atoms with Crippen molar-refractivity contribution in [3.05, 3.63) is 10.5 Å². The molecule has 0 saturated carbocycles. The van der Waals surface area contributed by atoms with Crippen LogP contribution in [0.5, 0.6) is 6.01 Å². The number of hydrogen-bond acceptors (Lipinski definition) is 6. The summed E-state index contributed by atoms with van der Waals surface area (Å²) in [4.78, 5) is 26.1. The van der Waals surface area contributed by atoms with E-state index in [1.165, 1.54) is 32.4 Å². The lowest BCUT2D eigenvalue weighted by Crippen LogP contribution is -2.30. The van der Waals surface area contributed by atoms with Gasteiger partial charge in [0.25, 0.3) is 0 Å². The van der Waals surface area contributed by atoms with Gasteiger partial charge in [0.05, 0.1) is 6.10 Å². The minimum absolute atomic E-state index is 0.0549. The van der Waals surface area contributed by atoms with E-state index < -0.39 is 0 Å². The minimum atomic E-state index is -0.196. The highest BCUT2D eigenvalue weighted by molar-refractivity contribution is 5.81. The number of fused-ring (bicyclic) bond motifs is 1. The molecule has 0 radical (unpaired) electrons. The van der Waals surface area contributed by atoms with Gasteiger partial charge in [-0.25, -0.2) is 4.79 Å². The third kappa shape index (κ3) is 4.55. The largest absolute Gasteiger partial charge is 0.461 e. The first kappa shape index (κ1) is 18.7. The molecule has 0 aromatic carbocycles. The number of hydrogen-bond donors (Lipinski definition) is 2. The van der Waals surface area contributed by atoms with E-state index in [1.54, 1.807) is 4.57 Å². The maximum atomic E-state index is 12.3. The predicted molar refractivity (Wildman–Crippen MR) is 102 cm³/mol. The van der Waals surface area contributed by atoms with Gasteiger partial charge in [0, 0.05) is 6.54 Å². The molecule has 0 atom stereocenters. The molecule has 26 heavy (non-hydrogen) atoms. The number of imidazole rings is 1. The van der Waals surface area contributed by atoms with Crippen molar-refractivity contribution in [3.8, 4) is 6.01 Å². The monoisotopic (exact) mass is 362 g/mol. The highest BCUT2D eigenvalue weighted by Crippen LogP contribution is 2.19. The van der Waals surface area contributed by atoms with Gasteiger partial charge in [-0.05, 0) is 59.2 Å². The van der Waals surface area contributed by atoms with Gasteiger partial charge >= 0.3 is 11.7 Å². The van der Waals surface area contributed by atoms with Crippen molar-refractivity contribution >= 4 is 17.0 Å². The Labute approximate surface area is 153 Å². The van der Waals surface area contributed by atoms with Crippen LogP contribution < -0.4 is 16.2 Å². The molecule has 8 heteroatoms. The lowest BCUT2D eigenvalue weighted by molar-refractivity contribution is 0.223. The molecule has 0 bridgehead atoms. The highest BCUT2D eigenvalue weighted by atomic mass is 16.5. The Hall–Kier alpha value is -2.09. The minimum Gasteiger partial charge on any atom is -0.461 e. The Bertz CT molecular complexity index is 776. The number of unbranched alkanes of at least 4 members (excludes halogenated alkanes) is 2. The molecule has 8 nitrogen and oxygen atoms in total. The smallest absolute Gasteiger partial charge is 0.327 e. The number of nitrogens with two attached hydrogens (primary N) is 1. The Morgan fingerprint density at radius 2 is 1.85 bits per heavy atom. The number of rotatable bonds is 8. The van der Waals surface area contributed by atoms with E-state index in [1.807, 2.05) is 13.8 Å². The lowest BCUT2D eigenvalue weighted by atomic mass is 10.1. The van der Waals surface area contributed by atoms with Crippen molar-refractivity contribution in [2.75, 3.05) is 25.4 Å². The zero-order valence-electron chi connectivity index (χ0n) is 15.8. The van der Waals surface area contributed by atoms with Crippen LogP contribution in [0.3, 0.4) is 0 Å². The van der Waals surface area contributed by atoms with E-state index >= 15 is 0 Å². The van der Waals surface area contributed by atoms with Gasteiger partial charge in [0.2, 0.25) is 0 Å². The lowest BCUT2D eigenvalue weighted by Gasteiger charge is -2.26. The van der Waals surface area contributed by atoms with Crippen LogP contribution in [0, 0.1) is 0 Å². The molecule has 1 saturated heterocycles. The average Bonchev–Trinajstić information content (AvgIpc) is 2.91. The van der Waals surface area contributed by atoms with E-state index in [0.29, 0.717) is 17.7 Å². The van der Waals surface area contributed by atoms with Gasteiger partial charge in [-0.15, -0.1) is 0 Å². The van der Waals surface area contributed by atoms with Gasteiger partial charge in [-0.3, -0.25) is 4.57 Å². The number of likely N-dealkylation sites (tertiary alicyclic amines) is 1. The number of aromatic amines is 1. The van der Waals surface area contributed by atoms with Crippen molar-refractivity contribution in [2.24, 2.45) is 0 Å². The third-order valence-electron chi connectivity index (χ3n) is 4.78. The molecule has 0 unspecified atom stereocenters. The van der Waals surface area contributed by atoms with Crippen LogP contribution in [0.1, 0.15) is 52.4 Å². The zero-order chi connectivity index (χ0) is 18.5. The second kappa shape index (κ2) is 8.53. The molecule has 1 aliphatic rings. The van der Waals surface area contributed by atoms with Crippen molar-refractivity contribution in [1.29, 1.82) is 0 Å². The summed E-state index contributed by atoms with van der Waals surface area (Å²) in [5.74, 6) is 0.242. The number of aromatic nitrogens is 4. The Morgan fingerprint density at radius 3 is 2.58 bits per heavy atom. The molecule has 1 fully saturated rings. The highest BCUT2D eigenvalue weighted by Gasteiger charge is 2.15. The predicted octanol–water partition coefficient (Wildman–Crippen LogP) is 2.15. The van der Waals surface area contributed by atoms with Crippen LogP contribution in [0.15, 0.2) is 4.79 Å². The van der Waals surface area contributed by atoms with E-state index in [4.69, 9.17) is 10.5 Å². The molecule has 3 N–H and O–H groups in total. The summed E-state index contributed by atoms with van der Waals surface area (Å²) in [5.41, 5.74) is 6.77. The molecule has 2 aromatic rings. The van der Waals surface area contributed by atoms with Crippen molar-refractivity contribution in [2.45, 2.75) is 65.0 Å². The van der Waals surface area contributed by atoms with Crippen molar-refractivity contribution < 1.29 is 4.74 Å². The van der Waals surface area contributed by atoms with Crippen LogP contribution in [0.2, 0.25) is 0 Å². The maximum Gasteiger partial charge on any atom is 0.327 e. The molecule has 0 aliphatic carbocycles. The fourth-order valence-corrected chi connectivity index (χ4v) is 3.47. The molecular formula is C18H30N6O2. The molecule has 0 spiro atoms. The van der Waals surface area contributed by atoms with Gasteiger partial charge in [-0.2, -0.15) is 9.97 Å². The second-order valence-corrected chi connectivity index (χ2v) is 7.30. The number of H-pyrrole nitrogens is 1. The summed E-state index contributed by atoms with van der Waals surface area (Å²) in [6, 6.07) is 0.211. The second-order valence-electron chi connectivity index (χ2n) is 7.30. The van der Waals surface area contributed by atoms with Crippen LogP contribution in [-0.4, -0.2) is 50.2 Å². The Morgan fingerprint density at radius 1 is 1.12 bits per heavy atom. The van der Waals surface area contributed by atoms with Gasteiger partial charge in [0.1, 0.15) is 5.52 Å². The summed E-state index contributed by atoms with van der Waals surface area (Å²) >= 11 is 0. The number of ether oxygens (including phenoxy) is 1. The van der Waals surface area contributed by atoms with E-state index in [9.17, 15) is 4.79 Å². The molecule has 3 heterocycles. The van der Waals surface area contributed by atoms with Crippen molar-refractivity contribution in [3.63, 3.8) is 0 Å². The summed E-state index contributed by atoms with van der Waals surface area (Å²) in [5, 5.41) is 0. The first-order chi connectivity index (χ1) is 12.5. The van der Waals surface area contributed by atoms with E-state index in [-0.39, 0.29) is 23.6 Å². The van der Waals surface area contributed by atoms with E-state index in [2.05, 4.69) is 19.9 Å². The quantitative estimate of drug-likeness (QED) is 0.698. The van der Waals surface area contributed by atoms with Crippen LogP contribution >= 0.6 is 0 Å². The summed E-state index contributed by atoms with van der Waals surface area (Å²) in [7, 11) is 0. The Kier molecular flexibility index (Phi) is 6.13. The summed E-state index contributed by atoms with van der Waals surface area (Å²) in [6.45, 7) is 8.04. The molecule has 144 valence electrons. The van der Waals surface area contributed by atoms with Crippen LogP contribution in [0.4, 0.5) is 5.82 Å². The topological polar surface area (TPSA) is 102 Å². The number of piperidine rings is 1. The fourth-order valence-electron chi connectivity index (χ4n) is 3.47. The number of nitrogens with zero attached hydrogens (tertiary/aromatic N) is 4. The summed E-state index contributed by atoms with van der Waals surface area (Å²) in [6.07, 6.45) is 7.15. The molecule has 2 aromatic heterocycles. The van der Waals surface area contributed by atoms with Crippen LogP contribution in [0.25, 0.3) is 11.2 Å². The maximum absolute atomic E-state index is 12.3. The molecular weight excluding hydrogens is 332 g/mol. The molecule has 3 rings (SSSR count). The fraction of sp³-hybridized carbons (Fsp3) is 0.722. The first-order valence-corrected chi connectivity index (χ1v) is 9.69. The third-order valence-corrected chi connectivity index (χ3v) is 4.78. The normalized spacial score (nSPS) is 15.8. The van der Waals surface area contributed by atoms with E-state index in [0.717, 1.165) is 25.8 Å². The number of anilines is 1. The average molecular weight is 362 g/mol. The zero-order valence-corrected chi connectivity index (χ0v) is 15.8. The SMILES string of the molecule is CC(C)Oc1nc(N)c2[nH]c(=O)n(CCCCCN3CCCCC3)c2n1. The van der Waals surface area contributed by atoms with Crippen LogP contribution in [-0.2, 0) is 6.54 Å². The standard InChI is InChI=1S/C18H30N6O2/c1-13(2)26-17-21-15(19)14-16(22-17)24(18(25)20-14)12-8-4-7-11-23-9-5-3-6-10-23/h13H,3-12H2,1-2H3,(H,20,25)(H2,19,21,22). The molecule has 0 amide bonds.